The number of rotatable bonds is 3. The number of hydrogen-bond donors (Lipinski definition) is 1. The van der Waals surface area contributed by atoms with Gasteiger partial charge in [0.2, 0.25) is 5.88 Å². The van der Waals surface area contributed by atoms with Gasteiger partial charge in [0.05, 0.1) is 5.02 Å². The van der Waals surface area contributed by atoms with Crippen LogP contribution < -0.4 is 10.1 Å². The van der Waals surface area contributed by atoms with E-state index in [1.54, 1.807) is 13.1 Å². The van der Waals surface area contributed by atoms with Crippen LogP contribution >= 0.6 is 45.8 Å². The maximum atomic E-state index is 6.04. The maximum absolute atomic E-state index is 6.04. The fourth-order valence-electron chi connectivity index (χ4n) is 1.31. The molecule has 2 aromatic rings. The van der Waals surface area contributed by atoms with Gasteiger partial charge in [-0.25, -0.2) is 0 Å². The molecule has 0 atom stereocenters. The molecule has 0 aliphatic carbocycles. The second-order valence-electron chi connectivity index (χ2n) is 3.41. The minimum absolute atomic E-state index is 0.326. The predicted molar refractivity (Wildman–Crippen MR) is 83.0 cm³/mol. The van der Waals surface area contributed by atoms with Gasteiger partial charge < -0.3 is 10.1 Å². The molecule has 1 aromatic carbocycles. The highest BCUT2D eigenvalue weighted by Crippen LogP contribution is 2.33. The molecule has 0 saturated carbocycles. The molecule has 0 amide bonds. The first-order valence-electron chi connectivity index (χ1n) is 5.07. The predicted octanol–water partition coefficient (Wildman–Crippen LogP) is 4.83. The van der Waals surface area contributed by atoms with Gasteiger partial charge in [0.25, 0.3) is 0 Å². The Labute approximate surface area is 129 Å². The third-order valence-corrected chi connectivity index (χ3v) is 3.44. The molecule has 18 heavy (non-hydrogen) atoms. The van der Waals surface area contributed by atoms with Crippen LogP contribution in [0.4, 0.5) is 5.82 Å². The third kappa shape index (κ3) is 3.18. The van der Waals surface area contributed by atoms with Crippen LogP contribution in [0.2, 0.25) is 10.0 Å². The number of halogens is 3. The van der Waals surface area contributed by atoms with Crippen molar-refractivity contribution in [1.82, 2.24) is 4.98 Å². The maximum Gasteiger partial charge on any atom is 0.240 e. The van der Waals surface area contributed by atoms with E-state index < -0.39 is 0 Å². The summed E-state index contributed by atoms with van der Waals surface area (Å²) in [4.78, 5) is 4.21. The molecule has 0 bridgehead atoms. The van der Waals surface area contributed by atoms with Gasteiger partial charge in [-0.1, -0.05) is 23.2 Å². The minimum atomic E-state index is 0.326. The van der Waals surface area contributed by atoms with Crippen molar-refractivity contribution in [1.29, 1.82) is 0 Å². The number of pyridine rings is 1. The van der Waals surface area contributed by atoms with Crippen LogP contribution in [0.5, 0.6) is 11.6 Å². The molecule has 0 unspecified atom stereocenters. The molecule has 0 saturated heterocycles. The molecule has 0 fully saturated rings. The Kier molecular flexibility index (Phi) is 4.53. The summed E-state index contributed by atoms with van der Waals surface area (Å²) >= 11 is 14.2. The van der Waals surface area contributed by atoms with Crippen LogP contribution in [0, 0.1) is 3.57 Å². The summed E-state index contributed by atoms with van der Waals surface area (Å²) in [6, 6.07) is 9.20. The molecular weight excluding hydrogens is 386 g/mol. The highest BCUT2D eigenvalue weighted by Gasteiger charge is 2.10. The first-order valence-corrected chi connectivity index (χ1v) is 6.91. The lowest BCUT2D eigenvalue weighted by Crippen LogP contribution is -1.96. The minimum Gasteiger partial charge on any atom is -0.437 e. The average Bonchev–Trinajstić information content (AvgIpc) is 2.35. The summed E-state index contributed by atoms with van der Waals surface area (Å²) in [5.74, 6) is 1.53. The van der Waals surface area contributed by atoms with E-state index in [2.05, 4.69) is 32.9 Å². The van der Waals surface area contributed by atoms with Crippen LogP contribution in [0.25, 0.3) is 0 Å². The summed E-state index contributed by atoms with van der Waals surface area (Å²) in [6.07, 6.45) is 0. The number of aromatic nitrogens is 1. The van der Waals surface area contributed by atoms with Crippen molar-refractivity contribution in [3.05, 3.63) is 43.9 Å². The van der Waals surface area contributed by atoms with E-state index in [4.69, 9.17) is 27.9 Å². The van der Waals surface area contributed by atoms with Crippen LogP contribution in [-0.2, 0) is 0 Å². The van der Waals surface area contributed by atoms with Crippen LogP contribution in [0.15, 0.2) is 30.3 Å². The fraction of sp³-hybridized carbons (Fsp3) is 0.0833. The van der Waals surface area contributed by atoms with Crippen molar-refractivity contribution in [2.75, 3.05) is 12.4 Å². The Morgan fingerprint density at radius 3 is 2.44 bits per heavy atom. The summed E-state index contributed by atoms with van der Waals surface area (Å²) in [6.45, 7) is 0. The van der Waals surface area contributed by atoms with E-state index in [0.29, 0.717) is 27.5 Å². The van der Waals surface area contributed by atoms with E-state index in [1.807, 2.05) is 24.3 Å². The van der Waals surface area contributed by atoms with Crippen LogP contribution in [-0.4, -0.2) is 12.0 Å². The Hall–Kier alpha value is -0.720. The smallest absolute Gasteiger partial charge is 0.240 e. The number of nitrogens with zero attached hydrogens (tertiary/aromatic N) is 1. The van der Waals surface area contributed by atoms with E-state index in [9.17, 15) is 0 Å². The molecule has 1 heterocycles. The summed E-state index contributed by atoms with van der Waals surface area (Å²) in [7, 11) is 1.73. The second-order valence-corrected chi connectivity index (χ2v) is 5.47. The topological polar surface area (TPSA) is 34.2 Å². The van der Waals surface area contributed by atoms with Gasteiger partial charge >= 0.3 is 0 Å². The van der Waals surface area contributed by atoms with Gasteiger partial charge in [0, 0.05) is 10.6 Å². The van der Waals surface area contributed by atoms with E-state index >= 15 is 0 Å². The Morgan fingerprint density at radius 2 is 1.83 bits per heavy atom. The number of ether oxygens (including phenoxy) is 1. The van der Waals surface area contributed by atoms with Gasteiger partial charge in [0.15, 0.2) is 0 Å². The van der Waals surface area contributed by atoms with Crippen molar-refractivity contribution in [3.8, 4) is 11.6 Å². The number of hydrogen-bond acceptors (Lipinski definition) is 3. The second kappa shape index (κ2) is 5.95. The zero-order valence-electron chi connectivity index (χ0n) is 9.38. The quantitative estimate of drug-likeness (QED) is 0.757. The molecule has 0 spiro atoms. The average molecular weight is 395 g/mol. The van der Waals surface area contributed by atoms with Crippen molar-refractivity contribution in [2.45, 2.75) is 0 Å². The summed E-state index contributed by atoms with van der Waals surface area (Å²) in [5, 5.41) is 3.70. The fourth-order valence-corrected chi connectivity index (χ4v) is 2.16. The Balaban J connectivity index is 2.31. The highest BCUT2D eigenvalue weighted by molar-refractivity contribution is 14.1. The van der Waals surface area contributed by atoms with Gasteiger partial charge in [-0.2, -0.15) is 4.98 Å². The standard InChI is InChI=1S/C12H9Cl2IN2O/c1-16-11-9(13)6-10(14)12(17-11)18-8-4-2-7(15)3-5-8/h2-6H,1H3,(H,16,17). The van der Waals surface area contributed by atoms with Crippen LogP contribution in [0.1, 0.15) is 0 Å². The number of nitrogens with one attached hydrogen (secondary N) is 1. The van der Waals surface area contributed by atoms with E-state index in [-0.39, 0.29) is 0 Å². The monoisotopic (exact) mass is 394 g/mol. The largest absolute Gasteiger partial charge is 0.437 e. The molecule has 1 aromatic heterocycles. The number of anilines is 1. The molecule has 1 N–H and O–H groups in total. The lowest BCUT2D eigenvalue weighted by Gasteiger charge is -2.09. The zero-order chi connectivity index (χ0) is 13.1. The Morgan fingerprint density at radius 1 is 1.17 bits per heavy atom. The van der Waals surface area contributed by atoms with E-state index in [0.717, 1.165) is 3.57 Å². The lowest BCUT2D eigenvalue weighted by atomic mass is 10.3. The summed E-state index contributed by atoms with van der Waals surface area (Å²) in [5.41, 5.74) is 0. The Bertz CT molecular complexity index is 561. The molecule has 0 aliphatic rings. The van der Waals surface area contributed by atoms with Crippen molar-refractivity contribution in [2.24, 2.45) is 0 Å². The van der Waals surface area contributed by atoms with Crippen LogP contribution in [0.3, 0.4) is 0 Å². The zero-order valence-corrected chi connectivity index (χ0v) is 13.0. The molecule has 0 aliphatic heterocycles. The lowest BCUT2D eigenvalue weighted by molar-refractivity contribution is 0.464. The number of benzene rings is 1. The molecule has 94 valence electrons. The van der Waals surface area contributed by atoms with Gasteiger partial charge in [0.1, 0.15) is 16.6 Å². The first-order chi connectivity index (χ1) is 8.60. The first kappa shape index (κ1) is 13.7. The van der Waals surface area contributed by atoms with Crippen molar-refractivity contribution >= 4 is 51.6 Å². The highest BCUT2D eigenvalue weighted by atomic mass is 127. The van der Waals surface area contributed by atoms with Gasteiger partial charge in [-0.15, -0.1) is 0 Å². The molecule has 3 nitrogen and oxygen atoms in total. The van der Waals surface area contributed by atoms with Gasteiger partial charge in [-0.3, -0.25) is 0 Å². The molecule has 0 radical (unpaired) electrons. The molecule has 6 heteroatoms. The molecular formula is C12H9Cl2IN2O. The SMILES string of the molecule is CNc1nc(Oc2ccc(I)cc2)c(Cl)cc1Cl. The summed E-state index contributed by atoms with van der Waals surface area (Å²) < 4.78 is 6.75. The normalized spacial score (nSPS) is 10.2. The van der Waals surface area contributed by atoms with E-state index in [1.165, 1.54) is 0 Å². The third-order valence-electron chi connectivity index (χ3n) is 2.16. The van der Waals surface area contributed by atoms with Crippen molar-refractivity contribution in [3.63, 3.8) is 0 Å². The molecule has 2 rings (SSSR count). The van der Waals surface area contributed by atoms with Gasteiger partial charge in [-0.05, 0) is 52.9 Å². The van der Waals surface area contributed by atoms with Crippen molar-refractivity contribution < 1.29 is 4.74 Å².